The van der Waals surface area contributed by atoms with E-state index in [4.69, 9.17) is 9.84 Å². The van der Waals surface area contributed by atoms with Crippen LogP contribution in [0.1, 0.15) is 32.8 Å². The normalized spacial score (nSPS) is 15.3. The highest BCUT2D eigenvalue weighted by Crippen LogP contribution is 2.33. The average Bonchev–Trinajstić information content (AvgIpc) is 3.50. The Bertz CT molecular complexity index is 1230. The van der Waals surface area contributed by atoms with Crippen molar-refractivity contribution in [3.05, 3.63) is 58.9 Å². The van der Waals surface area contributed by atoms with Crippen molar-refractivity contribution in [3.8, 4) is 5.75 Å². The number of carbonyl (C=O) groups is 2. The van der Waals surface area contributed by atoms with Crippen molar-refractivity contribution >= 4 is 39.7 Å². The summed E-state index contributed by atoms with van der Waals surface area (Å²) in [5.41, 5.74) is 3.24. The van der Waals surface area contributed by atoms with Gasteiger partial charge in [0.25, 0.3) is 11.8 Å². The monoisotopic (exact) mass is 494 g/mol. The number of hydrogen-bond acceptors (Lipinski definition) is 9. The zero-order valence-electron chi connectivity index (χ0n) is 19.1. The van der Waals surface area contributed by atoms with Gasteiger partial charge in [0.05, 0.1) is 30.7 Å². The number of aliphatic hydroxyl groups excluding tert-OH is 1. The zero-order valence-corrected chi connectivity index (χ0v) is 19.9. The molecule has 1 fully saturated rings. The van der Waals surface area contributed by atoms with Crippen molar-refractivity contribution in [1.29, 1.82) is 0 Å². The first kappa shape index (κ1) is 23.2. The van der Waals surface area contributed by atoms with Crippen molar-refractivity contribution in [2.24, 2.45) is 0 Å². The quantitative estimate of drug-likeness (QED) is 0.408. The number of rotatable bonds is 8. The fourth-order valence-corrected chi connectivity index (χ4v) is 4.93. The highest BCUT2D eigenvalue weighted by molar-refractivity contribution is 7.14. The fourth-order valence-electron chi connectivity index (χ4n) is 4.12. The molecule has 0 aliphatic carbocycles. The average molecular weight is 495 g/mol. The Morgan fingerprint density at radius 2 is 2.11 bits per heavy atom. The molecule has 0 unspecified atom stereocenters. The SMILES string of the molecule is O=C(Nc1cnccc1N1CCNCC1)c1csc(N2Cc3ccc(OCCCO)cc3C2=O)n1. The van der Waals surface area contributed by atoms with Gasteiger partial charge >= 0.3 is 0 Å². The maximum atomic E-state index is 13.0. The molecule has 11 heteroatoms. The molecule has 0 radical (unpaired) electrons. The molecule has 5 rings (SSSR count). The second kappa shape index (κ2) is 10.4. The Kier molecular flexibility index (Phi) is 6.89. The second-order valence-corrected chi connectivity index (χ2v) is 9.07. The third-order valence-electron chi connectivity index (χ3n) is 5.92. The number of ether oxygens (including phenoxy) is 1. The highest BCUT2D eigenvalue weighted by atomic mass is 32.1. The van der Waals surface area contributed by atoms with Crippen molar-refractivity contribution in [3.63, 3.8) is 0 Å². The second-order valence-electron chi connectivity index (χ2n) is 8.24. The topological polar surface area (TPSA) is 120 Å². The number of hydrogen-bond donors (Lipinski definition) is 3. The molecule has 3 aromatic rings. The molecule has 2 aromatic heterocycles. The number of fused-ring (bicyclic) bond motifs is 1. The lowest BCUT2D eigenvalue weighted by molar-refractivity contribution is 0.0991. The van der Waals surface area contributed by atoms with Crippen LogP contribution in [0.15, 0.2) is 42.0 Å². The molecule has 0 saturated carbocycles. The van der Waals surface area contributed by atoms with Crippen LogP contribution in [0.25, 0.3) is 0 Å². The van der Waals surface area contributed by atoms with E-state index in [0.717, 1.165) is 37.4 Å². The molecule has 4 heterocycles. The maximum absolute atomic E-state index is 13.0. The van der Waals surface area contributed by atoms with E-state index in [9.17, 15) is 9.59 Å². The van der Waals surface area contributed by atoms with Crippen LogP contribution in [0.2, 0.25) is 0 Å². The lowest BCUT2D eigenvalue weighted by atomic mass is 10.1. The van der Waals surface area contributed by atoms with Crippen LogP contribution < -0.4 is 25.2 Å². The Morgan fingerprint density at radius 1 is 1.26 bits per heavy atom. The fraction of sp³-hybridized carbons (Fsp3) is 0.333. The van der Waals surface area contributed by atoms with Crippen LogP contribution in [0.5, 0.6) is 5.75 Å². The predicted octanol–water partition coefficient (Wildman–Crippen LogP) is 2.12. The number of carbonyl (C=O) groups excluding carboxylic acids is 2. The van der Waals surface area contributed by atoms with Crippen molar-refractivity contribution in [2.75, 3.05) is 54.5 Å². The molecule has 2 amide bonds. The van der Waals surface area contributed by atoms with E-state index in [2.05, 4.69) is 25.5 Å². The van der Waals surface area contributed by atoms with E-state index in [1.165, 1.54) is 11.3 Å². The number of thiazole rings is 1. The number of anilines is 3. The smallest absolute Gasteiger partial charge is 0.275 e. The lowest BCUT2D eigenvalue weighted by Crippen LogP contribution is -2.43. The van der Waals surface area contributed by atoms with Gasteiger partial charge in [-0.05, 0) is 23.8 Å². The Morgan fingerprint density at radius 3 is 2.94 bits per heavy atom. The number of pyridine rings is 1. The summed E-state index contributed by atoms with van der Waals surface area (Å²) < 4.78 is 5.60. The van der Waals surface area contributed by atoms with Crippen LogP contribution in [-0.4, -0.2) is 66.3 Å². The first-order valence-corrected chi connectivity index (χ1v) is 12.4. The largest absolute Gasteiger partial charge is 0.493 e. The first-order chi connectivity index (χ1) is 17.1. The number of aromatic nitrogens is 2. The number of amides is 2. The summed E-state index contributed by atoms with van der Waals surface area (Å²) in [5.74, 6) is 0.0613. The summed E-state index contributed by atoms with van der Waals surface area (Å²) in [6, 6.07) is 7.30. The van der Waals surface area contributed by atoms with Crippen molar-refractivity contribution in [2.45, 2.75) is 13.0 Å². The van der Waals surface area contributed by atoms with Crippen molar-refractivity contribution in [1.82, 2.24) is 15.3 Å². The third kappa shape index (κ3) is 4.97. The summed E-state index contributed by atoms with van der Waals surface area (Å²) in [4.78, 5) is 38.4. The molecule has 3 N–H and O–H groups in total. The van der Waals surface area contributed by atoms with Crippen molar-refractivity contribution < 1.29 is 19.4 Å². The van der Waals surface area contributed by atoms with Gasteiger partial charge in [-0.2, -0.15) is 0 Å². The van der Waals surface area contributed by atoms with E-state index in [1.54, 1.807) is 28.7 Å². The van der Waals surface area contributed by atoms with Crippen LogP contribution in [-0.2, 0) is 6.54 Å². The molecule has 1 aromatic carbocycles. The summed E-state index contributed by atoms with van der Waals surface area (Å²) in [6.07, 6.45) is 3.88. The number of nitrogens with one attached hydrogen (secondary N) is 2. The van der Waals surface area contributed by atoms with Gasteiger partial charge in [-0.3, -0.25) is 19.5 Å². The number of piperazine rings is 1. The molecular formula is C24H26N6O4S. The van der Waals surface area contributed by atoms with Gasteiger partial charge in [-0.1, -0.05) is 6.07 Å². The molecule has 1 saturated heterocycles. The number of benzene rings is 1. The van der Waals surface area contributed by atoms with E-state index >= 15 is 0 Å². The summed E-state index contributed by atoms with van der Waals surface area (Å²) >= 11 is 1.25. The minimum absolute atomic E-state index is 0.0510. The molecule has 0 spiro atoms. The van der Waals surface area contributed by atoms with Gasteiger partial charge in [-0.25, -0.2) is 4.98 Å². The van der Waals surface area contributed by atoms with E-state index in [1.807, 2.05) is 18.2 Å². The van der Waals surface area contributed by atoms with Crippen LogP contribution in [0.3, 0.4) is 0 Å². The molecule has 182 valence electrons. The van der Waals surface area contributed by atoms with Crippen LogP contribution in [0, 0.1) is 0 Å². The summed E-state index contributed by atoms with van der Waals surface area (Å²) in [5, 5.41) is 17.3. The Hall–Kier alpha value is -3.54. The molecule has 10 nitrogen and oxygen atoms in total. The van der Waals surface area contributed by atoms with Gasteiger partial charge < -0.3 is 25.4 Å². The minimum atomic E-state index is -0.347. The molecule has 0 bridgehead atoms. The van der Waals surface area contributed by atoms with Gasteiger partial charge in [-0.15, -0.1) is 11.3 Å². The third-order valence-corrected chi connectivity index (χ3v) is 6.78. The summed E-state index contributed by atoms with van der Waals surface area (Å²) in [6.45, 7) is 4.27. The highest BCUT2D eigenvalue weighted by Gasteiger charge is 2.31. The Labute approximate surface area is 206 Å². The van der Waals surface area contributed by atoms with Gasteiger partial charge in [0.15, 0.2) is 5.13 Å². The van der Waals surface area contributed by atoms with Gasteiger partial charge in [0.1, 0.15) is 11.4 Å². The molecular weight excluding hydrogens is 468 g/mol. The maximum Gasteiger partial charge on any atom is 0.275 e. The molecule has 35 heavy (non-hydrogen) atoms. The van der Waals surface area contributed by atoms with Gasteiger partial charge in [0.2, 0.25) is 0 Å². The minimum Gasteiger partial charge on any atom is -0.493 e. The predicted molar refractivity (Wildman–Crippen MR) is 134 cm³/mol. The molecule has 2 aliphatic rings. The zero-order chi connectivity index (χ0) is 24.2. The van der Waals surface area contributed by atoms with Crippen LogP contribution in [0.4, 0.5) is 16.5 Å². The number of aliphatic hydroxyl groups is 1. The Balaban J connectivity index is 1.28. The number of nitrogens with zero attached hydrogens (tertiary/aromatic N) is 4. The van der Waals surface area contributed by atoms with E-state index in [-0.39, 0.29) is 24.1 Å². The van der Waals surface area contributed by atoms with Gasteiger partial charge in [0, 0.05) is 56.3 Å². The summed E-state index contributed by atoms with van der Waals surface area (Å²) in [7, 11) is 0. The van der Waals surface area contributed by atoms with Crippen LogP contribution >= 0.6 is 11.3 Å². The standard InChI is InChI=1S/C24H26N6O4S/c31-10-1-11-34-17-3-2-16-14-30(23(33)18(16)12-17)24-28-20(15-35-24)22(32)27-19-13-26-5-4-21(19)29-8-6-25-7-9-29/h2-5,12-13,15,25,31H,1,6-11,14H2,(H,27,32). The molecule has 0 atom stereocenters. The van der Waals surface area contributed by atoms with E-state index < -0.39 is 0 Å². The van der Waals surface area contributed by atoms with E-state index in [0.29, 0.717) is 41.7 Å². The molecule has 2 aliphatic heterocycles. The first-order valence-electron chi connectivity index (χ1n) is 11.5. The lowest BCUT2D eigenvalue weighted by Gasteiger charge is -2.30.